The zero-order valence-electron chi connectivity index (χ0n) is 15.4. The summed E-state index contributed by atoms with van der Waals surface area (Å²) in [5.41, 5.74) is 5.78. The number of nitrogens with zero attached hydrogens (tertiary/aromatic N) is 3. The minimum Gasteiger partial charge on any atom is -0.306 e. The van der Waals surface area contributed by atoms with Crippen molar-refractivity contribution in [3.63, 3.8) is 0 Å². The third-order valence-corrected chi connectivity index (χ3v) is 4.66. The molecular formula is C23H17N5O. The molecule has 0 unspecified atom stereocenters. The van der Waals surface area contributed by atoms with Crippen LogP contribution >= 0.6 is 0 Å². The van der Waals surface area contributed by atoms with E-state index in [2.05, 4.69) is 15.0 Å². The maximum absolute atomic E-state index is 11.5. The van der Waals surface area contributed by atoms with E-state index in [-0.39, 0.29) is 5.69 Å². The minimum absolute atomic E-state index is 0.225. The Morgan fingerprint density at radius 1 is 0.862 bits per heavy atom. The maximum Gasteiger partial charge on any atom is 0.323 e. The van der Waals surface area contributed by atoms with Crippen molar-refractivity contribution in [2.75, 3.05) is 0 Å². The summed E-state index contributed by atoms with van der Waals surface area (Å²) in [6.45, 7) is 0. The Bertz CT molecular complexity index is 1360. The third-order valence-electron chi connectivity index (χ3n) is 4.66. The Hall–Kier alpha value is -4.19. The highest BCUT2D eigenvalue weighted by Gasteiger charge is 2.11. The minimum atomic E-state index is -0.225. The summed E-state index contributed by atoms with van der Waals surface area (Å²) >= 11 is 0. The Balaban J connectivity index is 1.57. The predicted octanol–water partition coefficient (Wildman–Crippen LogP) is 4.46. The number of para-hydroxylation sites is 1. The summed E-state index contributed by atoms with van der Waals surface area (Å²) in [4.78, 5) is 21.6. The van der Waals surface area contributed by atoms with Crippen molar-refractivity contribution >= 4 is 22.9 Å². The van der Waals surface area contributed by atoms with E-state index in [1.807, 2.05) is 89.7 Å². The molecular weight excluding hydrogens is 362 g/mol. The third kappa shape index (κ3) is 3.39. The molecule has 2 heterocycles. The Labute approximate surface area is 166 Å². The number of aromatic amines is 2. The van der Waals surface area contributed by atoms with Gasteiger partial charge in [-0.1, -0.05) is 48.5 Å². The molecule has 3 aromatic carbocycles. The zero-order valence-corrected chi connectivity index (χ0v) is 15.4. The normalized spacial score (nSPS) is 11.4. The quantitative estimate of drug-likeness (QED) is 0.452. The van der Waals surface area contributed by atoms with Crippen molar-refractivity contribution < 1.29 is 0 Å². The second kappa shape index (κ2) is 7.09. The van der Waals surface area contributed by atoms with Crippen molar-refractivity contribution in [2.45, 2.75) is 0 Å². The van der Waals surface area contributed by atoms with Crippen LogP contribution in [0.15, 0.2) is 94.8 Å². The molecule has 5 rings (SSSR count). The largest absolute Gasteiger partial charge is 0.323 e. The number of aromatic nitrogens is 4. The lowest BCUT2D eigenvalue weighted by atomic mass is 10.1. The fourth-order valence-electron chi connectivity index (χ4n) is 3.26. The highest BCUT2D eigenvalue weighted by Crippen LogP contribution is 2.24. The molecule has 29 heavy (non-hydrogen) atoms. The van der Waals surface area contributed by atoms with Crippen LogP contribution in [0.5, 0.6) is 0 Å². The molecule has 0 atom stereocenters. The summed E-state index contributed by atoms with van der Waals surface area (Å²) in [6.07, 6.45) is 3.78. The van der Waals surface area contributed by atoms with Crippen molar-refractivity contribution in [2.24, 2.45) is 4.99 Å². The van der Waals surface area contributed by atoms with Gasteiger partial charge < -0.3 is 9.97 Å². The number of rotatable bonds is 4. The summed E-state index contributed by atoms with van der Waals surface area (Å²) in [5.74, 6) is 0. The number of benzene rings is 3. The molecule has 0 spiro atoms. The topological polar surface area (TPSA) is 78.8 Å². The van der Waals surface area contributed by atoms with Crippen molar-refractivity contribution in [3.05, 3.63) is 101 Å². The van der Waals surface area contributed by atoms with Crippen LogP contribution in [0.4, 0.5) is 5.69 Å². The van der Waals surface area contributed by atoms with Crippen LogP contribution in [0.3, 0.4) is 0 Å². The first kappa shape index (κ1) is 16.9. The zero-order chi connectivity index (χ0) is 19.6. The SMILES string of the molecule is O=c1[nH]c2ccc(N=Cc3cn(-c4ccccc4)nc3-c3ccccc3)cc2[nH]1. The van der Waals surface area contributed by atoms with E-state index in [0.717, 1.165) is 39.2 Å². The van der Waals surface area contributed by atoms with Gasteiger partial charge in [0.05, 0.1) is 22.4 Å². The van der Waals surface area contributed by atoms with Gasteiger partial charge in [-0.2, -0.15) is 5.10 Å². The number of hydrogen-bond donors (Lipinski definition) is 2. The van der Waals surface area contributed by atoms with Gasteiger partial charge in [0.15, 0.2) is 0 Å². The van der Waals surface area contributed by atoms with Crippen LogP contribution in [0.25, 0.3) is 28.0 Å². The molecule has 0 saturated carbocycles. The molecule has 6 nitrogen and oxygen atoms in total. The van der Waals surface area contributed by atoms with Gasteiger partial charge >= 0.3 is 5.69 Å². The molecule has 2 N–H and O–H groups in total. The van der Waals surface area contributed by atoms with E-state index in [4.69, 9.17) is 5.10 Å². The van der Waals surface area contributed by atoms with E-state index in [1.165, 1.54) is 0 Å². The standard InChI is InChI=1S/C23H17N5O/c29-23-25-20-12-11-18(13-21(20)26-23)24-14-17-15-28(19-9-5-2-6-10-19)27-22(17)16-7-3-1-4-8-16/h1-15H,(H2,25,26,29). The van der Waals surface area contributed by atoms with E-state index in [0.29, 0.717) is 0 Å². The molecule has 0 aliphatic heterocycles. The van der Waals surface area contributed by atoms with E-state index in [9.17, 15) is 4.79 Å². The fourth-order valence-corrected chi connectivity index (χ4v) is 3.26. The summed E-state index contributed by atoms with van der Waals surface area (Å²) in [6, 6.07) is 25.6. The van der Waals surface area contributed by atoms with Crippen LogP contribution in [0.1, 0.15) is 5.56 Å². The maximum atomic E-state index is 11.5. The summed E-state index contributed by atoms with van der Waals surface area (Å²) in [7, 11) is 0. The van der Waals surface area contributed by atoms with Gasteiger partial charge in [-0.25, -0.2) is 9.48 Å². The number of H-pyrrole nitrogens is 2. The number of imidazole rings is 1. The van der Waals surface area contributed by atoms with Crippen LogP contribution in [-0.2, 0) is 0 Å². The van der Waals surface area contributed by atoms with Crippen molar-refractivity contribution in [3.8, 4) is 16.9 Å². The molecule has 5 aromatic rings. The lowest BCUT2D eigenvalue weighted by Crippen LogP contribution is -1.99. The molecule has 0 aliphatic carbocycles. The van der Waals surface area contributed by atoms with Crippen molar-refractivity contribution in [1.29, 1.82) is 0 Å². The molecule has 6 heteroatoms. The van der Waals surface area contributed by atoms with Crippen LogP contribution < -0.4 is 5.69 Å². The lowest BCUT2D eigenvalue weighted by molar-refractivity contribution is 0.884. The Morgan fingerprint density at radius 3 is 2.38 bits per heavy atom. The monoisotopic (exact) mass is 379 g/mol. The Kier molecular flexibility index (Phi) is 4.14. The lowest BCUT2D eigenvalue weighted by Gasteiger charge is -2.00. The summed E-state index contributed by atoms with van der Waals surface area (Å²) < 4.78 is 1.86. The van der Waals surface area contributed by atoms with Crippen LogP contribution in [0.2, 0.25) is 0 Å². The Morgan fingerprint density at radius 2 is 1.59 bits per heavy atom. The second-order valence-corrected chi connectivity index (χ2v) is 6.65. The smallest absolute Gasteiger partial charge is 0.306 e. The molecule has 2 aromatic heterocycles. The van der Waals surface area contributed by atoms with Crippen molar-refractivity contribution in [1.82, 2.24) is 19.7 Å². The molecule has 0 amide bonds. The molecule has 0 aliphatic rings. The number of hydrogen-bond acceptors (Lipinski definition) is 3. The first-order chi connectivity index (χ1) is 14.3. The van der Waals surface area contributed by atoms with E-state index < -0.39 is 0 Å². The number of nitrogens with one attached hydrogen (secondary N) is 2. The first-order valence-corrected chi connectivity index (χ1v) is 9.23. The van der Waals surface area contributed by atoms with Crippen LogP contribution in [0, 0.1) is 0 Å². The van der Waals surface area contributed by atoms with Gasteiger partial charge in [-0.3, -0.25) is 4.99 Å². The number of aliphatic imine (C=N–C) groups is 1. The van der Waals surface area contributed by atoms with E-state index in [1.54, 1.807) is 6.21 Å². The average Bonchev–Trinajstić information content (AvgIpc) is 3.36. The highest BCUT2D eigenvalue weighted by atomic mass is 16.1. The highest BCUT2D eigenvalue weighted by molar-refractivity contribution is 5.91. The molecule has 0 saturated heterocycles. The average molecular weight is 379 g/mol. The molecule has 140 valence electrons. The molecule has 0 fully saturated rings. The first-order valence-electron chi connectivity index (χ1n) is 9.23. The van der Waals surface area contributed by atoms with Gasteiger partial charge in [-0.15, -0.1) is 0 Å². The van der Waals surface area contributed by atoms with E-state index >= 15 is 0 Å². The van der Waals surface area contributed by atoms with Gasteiger partial charge in [0.25, 0.3) is 0 Å². The molecule has 0 bridgehead atoms. The van der Waals surface area contributed by atoms with Gasteiger partial charge in [-0.05, 0) is 30.3 Å². The number of fused-ring (bicyclic) bond motifs is 1. The van der Waals surface area contributed by atoms with Gasteiger partial charge in [0.1, 0.15) is 5.69 Å². The van der Waals surface area contributed by atoms with Gasteiger partial charge in [0.2, 0.25) is 0 Å². The predicted molar refractivity (Wildman–Crippen MR) is 115 cm³/mol. The second-order valence-electron chi connectivity index (χ2n) is 6.65. The van der Waals surface area contributed by atoms with Gasteiger partial charge in [0, 0.05) is 23.5 Å². The fraction of sp³-hybridized carbons (Fsp3) is 0. The van der Waals surface area contributed by atoms with Crippen LogP contribution in [-0.4, -0.2) is 26.0 Å². The summed E-state index contributed by atoms with van der Waals surface area (Å²) in [5, 5.41) is 4.79. The molecule has 0 radical (unpaired) electrons.